The van der Waals surface area contributed by atoms with E-state index in [2.05, 4.69) is 5.32 Å². The Morgan fingerprint density at radius 1 is 0.960 bits per heavy atom. The van der Waals surface area contributed by atoms with E-state index >= 15 is 0 Å². The van der Waals surface area contributed by atoms with Crippen LogP contribution in [-0.4, -0.2) is 37.2 Å². The quantitative estimate of drug-likeness (QED) is 0.525. The number of ether oxygens (including phenoxy) is 1. The summed E-state index contributed by atoms with van der Waals surface area (Å²) in [7, 11) is 0. The Bertz CT molecular complexity index is 845. The van der Waals surface area contributed by atoms with Crippen molar-refractivity contribution in [2.24, 2.45) is 5.73 Å². The molecule has 6 nitrogen and oxygen atoms in total. The minimum Gasteiger partial charge on any atom is -0.465 e. The Morgan fingerprint density at radius 3 is 2.36 bits per heavy atom. The summed E-state index contributed by atoms with van der Waals surface area (Å²) in [5, 5.41) is 3.15. The van der Waals surface area contributed by atoms with E-state index < -0.39 is 5.97 Å². The number of rotatable bonds is 6. The molecule has 0 aliphatic heterocycles. The van der Waals surface area contributed by atoms with Gasteiger partial charge in [0.05, 0.1) is 18.7 Å². The second-order valence-electron chi connectivity index (χ2n) is 5.64. The van der Waals surface area contributed by atoms with Crippen molar-refractivity contribution in [2.75, 3.05) is 25.0 Å². The maximum absolute atomic E-state index is 12.8. The number of hydrogen-bond acceptors (Lipinski definition) is 6. The van der Waals surface area contributed by atoms with Crippen molar-refractivity contribution in [3.05, 3.63) is 64.7 Å². The number of esters is 1. The third-order valence-corrected chi connectivity index (χ3v) is 4.02. The maximum Gasteiger partial charge on any atom is 0.319 e. The van der Waals surface area contributed by atoms with Crippen LogP contribution in [0.15, 0.2) is 42.5 Å². The van der Waals surface area contributed by atoms with Crippen molar-refractivity contribution in [1.29, 1.82) is 0 Å². The second kappa shape index (κ2) is 7.27. The van der Waals surface area contributed by atoms with Gasteiger partial charge in [0.25, 0.3) is 0 Å². The number of carbonyl (C=O) groups excluding carboxylic acids is 3. The highest BCUT2D eigenvalue weighted by Gasteiger charge is 2.31. The molecule has 3 rings (SSSR count). The Labute approximate surface area is 145 Å². The summed E-state index contributed by atoms with van der Waals surface area (Å²) in [5.74, 6) is -0.761. The first-order chi connectivity index (χ1) is 12.1. The molecule has 3 N–H and O–H groups in total. The van der Waals surface area contributed by atoms with Crippen LogP contribution >= 0.6 is 0 Å². The maximum atomic E-state index is 12.8. The van der Waals surface area contributed by atoms with E-state index in [0.717, 1.165) is 0 Å². The molecule has 25 heavy (non-hydrogen) atoms. The van der Waals surface area contributed by atoms with Crippen molar-refractivity contribution in [2.45, 2.75) is 6.42 Å². The molecule has 0 saturated heterocycles. The highest BCUT2D eigenvalue weighted by molar-refractivity contribution is 6.30. The summed E-state index contributed by atoms with van der Waals surface area (Å²) in [6.07, 6.45) is 0.564. The fraction of sp³-hybridized carbons (Fsp3) is 0.211. The summed E-state index contributed by atoms with van der Waals surface area (Å²) < 4.78 is 4.90. The van der Waals surface area contributed by atoms with E-state index in [9.17, 15) is 14.4 Å². The summed E-state index contributed by atoms with van der Waals surface area (Å²) >= 11 is 0. The molecular formula is C19H18N2O4. The molecule has 2 aromatic rings. The fourth-order valence-electron chi connectivity index (χ4n) is 2.83. The summed E-state index contributed by atoms with van der Waals surface area (Å²) in [4.78, 5) is 36.4. The van der Waals surface area contributed by atoms with Crippen molar-refractivity contribution in [3.8, 4) is 0 Å². The van der Waals surface area contributed by atoms with Gasteiger partial charge in [-0.2, -0.15) is 0 Å². The molecule has 0 aromatic heterocycles. The van der Waals surface area contributed by atoms with Gasteiger partial charge in [-0.15, -0.1) is 0 Å². The lowest BCUT2D eigenvalue weighted by Gasteiger charge is -2.20. The summed E-state index contributed by atoms with van der Waals surface area (Å²) in [6, 6.07) is 12.0. The second-order valence-corrected chi connectivity index (χ2v) is 5.64. The SMILES string of the molecule is NCC(=O)OCCCNc1cccc2c1C(=O)c1ccccc1C2=O. The van der Waals surface area contributed by atoms with Crippen LogP contribution in [0.5, 0.6) is 0 Å². The third-order valence-electron chi connectivity index (χ3n) is 4.02. The minimum atomic E-state index is -0.450. The molecule has 0 saturated carbocycles. The Kier molecular flexibility index (Phi) is 4.90. The van der Waals surface area contributed by atoms with Crippen LogP contribution in [0.2, 0.25) is 0 Å². The molecule has 0 spiro atoms. The molecule has 0 unspecified atom stereocenters. The first-order valence-electron chi connectivity index (χ1n) is 8.04. The minimum absolute atomic E-state index is 0.143. The molecule has 6 heteroatoms. The number of nitrogens with two attached hydrogens (primary N) is 1. The van der Waals surface area contributed by atoms with E-state index in [1.807, 2.05) is 0 Å². The molecular weight excluding hydrogens is 320 g/mol. The highest BCUT2D eigenvalue weighted by atomic mass is 16.5. The van der Waals surface area contributed by atoms with Crippen LogP contribution in [0.25, 0.3) is 0 Å². The van der Waals surface area contributed by atoms with E-state index in [1.54, 1.807) is 42.5 Å². The Balaban J connectivity index is 1.77. The molecule has 128 valence electrons. The van der Waals surface area contributed by atoms with E-state index in [4.69, 9.17) is 10.5 Å². The molecule has 0 amide bonds. The average Bonchev–Trinajstić information content (AvgIpc) is 2.65. The molecule has 1 aliphatic rings. The number of hydrogen-bond donors (Lipinski definition) is 2. The van der Waals surface area contributed by atoms with Gasteiger partial charge in [0.2, 0.25) is 0 Å². The fourth-order valence-corrected chi connectivity index (χ4v) is 2.83. The topological polar surface area (TPSA) is 98.5 Å². The van der Waals surface area contributed by atoms with Crippen molar-refractivity contribution in [3.63, 3.8) is 0 Å². The van der Waals surface area contributed by atoms with Crippen LogP contribution in [0.4, 0.5) is 5.69 Å². The molecule has 0 bridgehead atoms. The van der Waals surface area contributed by atoms with Gasteiger partial charge in [0.15, 0.2) is 11.6 Å². The van der Waals surface area contributed by atoms with Crippen LogP contribution < -0.4 is 11.1 Å². The number of benzene rings is 2. The Hall–Kier alpha value is -2.99. The van der Waals surface area contributed by atoms with Gasteiger partial charge in [-0.05, 0) is 12.5 Å². The van der Waals surface area contributed by atoms with Gasteiger partial charge in [-0.25, -0.2) is 0 Å². The van der Waals surface area contributed by atoms with Gasteiger partial charge < -0.3 is 15.8 Å². The predicted molar refractivity (Wildman–Crippen MR) is 92.9 cm³/mol. The Morgan fingerprint density at radius 2 is 1.64 bits per heavy atom. The first-order valence-corrected chi connectivity index (χ1v) is 8.04. The molecule has 1 aliphatic carbocycles. The lowest BCUT2D eigenvalue weighted by molar-refractivity contribution is -0.141. The molecule has 0 radical (unpaired) electrons. The summed E-state index contributed by atoms with van der Waals surface area (Å²) in [5.41, 5.74) is 7.43. The predicted octanol–water partition coefficient (Wildman–Crippen LogP) is 1.77. The van der Waals surface area contributed by atoms with E-state index in [1.165, 1.54) is 0 Å². The zero-order valence-corrected chi connectivity index (χ0v) is 13.6. The lowest BCUT2D eigenvalue weighted by atomic mass is 9.83. The van der Waals surface area contributed by atoms with Crippen LogP contribution in [-0.2, 0) is 9.53 Å². The van der Waals surface area contributed by atoms with E-state index in [-0.39, 0.29) is 24.7 Å². The highest BCUT2D eigenvalue weighted by Crippen LogP contribution is 2.31. The molecule has 0 atom stereocenters. The van der Waals surface area contributed by atoms with Crippen molar-refractivity contribution in [1.82, 2.24) is 0 Å². The monoisotopic (exact) mass is 338 g/mol. The van der Waals surface area contributed by atoms with Gasteiger partial charge in [0.1, 0.15) is 0 Å². The van der Waals surface area contributed by atoms with Gasteiger partial charge in [-0.3, -0.25) is 14.4 Å². The third kappa shape index (κ3) is 3.29. The lowest BCUT2D eigenvalue weighted by Crippen LogP contribution is -2.23. The largest absolute Gasteiger partial charge is 0.465 e. The smallest absolute Gasteiger partial charge is 0.319 e. The average molecular weight is 338 g/mol. The number of carbonyl (C=O) groups is 3. The van der Waals surface area contributed by atoms with Crippen molar-refractivity contribution < 1.29 is 19.1 Å². The molecule has 2 aromatic carbocycles. The van der Waals surface area contributed by atoms with Crippen LogP contribution in [0, 0.1) is 0 Å². The standard InChI is InChI=1S/C19H18N2O4/c20-11-16(22)25-10-4-9-21-15-8-3-7-14-17(15)19(24)13-6-2-1-5-12(13)18(14)23/h1-3,5-8,21H,4,9-11,20H2. The number of nitrogens with one attached hydrogen (secondary N) is 1. The zero-order chi connectivity index (χ0) is 17.8. The van der Waals surface area contributed by atoms with Crippen LogP contribution in [0.1, 0.15) is 38.3 Å². The first kappa shape index (κ1) is 16.9. The van der Waals surface area contributed by atoms with Crippen molar-refractivity contribution >= 4 is 23.2 Å². The van der Waals surface area contributed by atoms with Gasteiger partial charge in [0, 0.05) is 28.9 Å². The van der Waals surface area contributed by atoms with Gasteiger partial charge >= 0.3 is 5.97 Å². The number of ketones is 2. The van der Waals surface area contributed by atoms with Crippen LogP contribution in [0.3, 0.4) is 0 Å². The number of fused-ring (bicyclic) bond motifs is 2. The number of anilines is 1. The molecule has 0 heterocycles. The normalized spacial score (nSPS) is 12.4. The summed E-state index contributed by atoms with van der Waals surface area (Å²) in [6.45, 7) is 0.598. The van der Waals surface area contributed by atoms with Gasteiger partial charge in [-0.1, -0.05) is 36.4 Å². The molecule has 0 fully saturated rings. The zero-order valence-electron chi connectivity index (χ0n) is 13.6. The van der Waals surface area contributed by atoms with E-state index in [0.29, 0.717) is 40.9 Å².